The van der Waals surface area contributed by atoms with Gasteiger partial charge in [0.25, 0.3) is 0 Å². The van der Waals surface area contributed by atoms with Crippen molar-refractivity contribution in [2.75, 3.05) is 0 Å². The van der Waals surface area contributed by atoms with Crippen molar-refractivity contribution in [3.05, 3.63) is 58.6 Å². The molecule has 0 saturated heterocycles. The summed E-state index contributed by atoms with van der Waals surface area (Å²) in [5.74, 6) is -4.24. The third-order valence-corrected chi connectivity index (χ3v) is 6.70. The van der Waals surface area contributed by atoms with Gasteiger partial charge in [-0.15, -0.1) is 0 Å². The molecule has 2 N–H and O–H groups in total. The van der Waals surface area contributed by atoms with E-state index in [1.165, 1.54) is 6.92 Å². The number of hydrogen-bond acceptors (Lipinski definition) is 2. The van der Waals surface area contributed by atoms with Gasteiger partial charge in [-0.25, -0.2) is 4.79 Å². The van der Waals surface area contributed by atoms with E-state index in [1.807, 2.05) is 37.3 Å². The van der Waals surface area contributed by atoms with Gasteiger partial charge in [-0.05, 0) is 66.5 Å². The zero-order chi connectivity index (χ0) is 23.7. The largest absolute Gasteiger partial charge is 0.479 e. The number of rotatable bonds is 5. The lowest BCUT2D eigenvalue weighted by atomic mass is 9.69. The van der Waals surface area contributed by atoms with Crippen LogP contribution in [0.25, 0.3) is 11.1 Å². The van der Waals surface area contributed by atoms with E-state index in [-0.39, 0.29) is 25.7 Å². The van der Waals surface area contributed by atoms with Crippen molar-refractivity contribution in [3.63, 3.8) is 0 Å². The first-order valence-corrected chi connectivity index (χ1v) is 10.8. The van der Waals surface area contributed by atoms with Crippen molar-refractivity contribution in [3.8, 4) is 11.1 Å². The van der Waals surface area contributed by atoms with Gasteiger partial charge in [0, 0.05) is 5.02 Å². The SMILES string of the molecule is Cc1ccc(-c2ccc(Cl)cc2)cc1CC(=O)N[C@@]1(C(=O)O)CCC(C(F)(F)F)C[C@@H]1C. The lowest BCUT2D eigenvalue weighted by Gasteiger charge is -2.43. The second-order valence-electron chi connectivity index (χ2n) is 8.56. The van der Waals surface area contributed by atoms with Gasteiger partial charge >= 0.3 is 12.1 Å². The standard InChI is InChI=1S/C24H25ClF3NO3/c1-14-3-4-17(16-5-7-20(25)8-6-16)12-18(14)13-21(30)29-23(22(31)32)10-9-19(11-15(23)2)24(26,27)28/h3-8,12,15,19H,9-11,13H2,1-2H3,(H,29,30)(H,31,32)/t15-,19?,23-/m0/s1. The lowest BCUT2D eigenvalue weighted by Crippen LogP contribution is -2.61. The summed E-state index contributed by atoms with van der Waals surface area (Å²) in [6.45, 7) is 3.30. The highest BCUT2D eigenvalue weighted by atomic mass is 35.5. The third kappa shape index (κ3) is 5.09. The molecule has 2 aromatic rings. The summed E-state index contributed by atoms with van der Waals surface area (Å²) in [6, 6.07) is 12.9. The zero-order valence-electron chi connectivity index (χ0n) is 17.8. The predicted octanol–water partition coefficient (Wildman–Crippen LogP) is 5.80. The maximum absolute atomic E-state index is 13.1. The summed E-state index contributed by atoms with van der Waals surface area (Å²) in [5.41, 5.74) is 1.66. The molecular formula is C24H25ClF3NO3. The monoisotopic (exact) mass is 467 g/mol. The summed E-state index contributed by atoms with van der Waals surface area (Å²) in [5, 5.41) is 13.0. The second-order valence-corrected chi connectivity index (χ2v) is 9.00. The highest BCUT2D eigenvalue weighted by molar-refractivity contribution is 6.30. The van der Waals surface area contributed by atoms with Crippen LogP contribution in [0.3, 0.4) is 0 Å². The molecule has 1 amide bonds. The number of halogens is 4. The Hall–Kier alpha value is -2.54. The van der Waals surface area contributed by atoms with E-state index in [2.05, 4.69) is 5.32 Å². The van der Waals surface area contributed by atoms with E-state index in [0.717, 1.165) is 16.7 Å². The molecule has 0 spiro atoms. The third-order valence-electron chi connectivity index (χ3n) is 6.45. The first-order chi connectivity index (χ1) is 14.9. The van der Waals surface area contributed by atoms with Gasteiger partial charge in [0.05, 0.1) is 12.3 Å². The molecular weight excluding hydrogens is 443 g/mol. The van der Waals surface area contributed by atoms with Crippen molar-refractivity contribution in [1.29, 1.82) is 0 Å². The first kappa shape index (κ1) is 24.1. The molecule has 0 aliphatic heterocycles. The molecule has 8 heteroatoms. The average molecular weight is 468 g/mol. The fraction of sp³-hybridized carbons (Fsp3) is 0.417. The quantitative estimate of drug-likeness (QED) is 0.584. The maximum Gasteiger partial charge on any atom is 0.391 e. The lowest BCUT2D eigenvalue weighted by molar-refractivity contribution is -0.194. The van der Waals surface area contributed by atoms with E-state index in [9.17, 15) is 27.9 Å². The topological polar surface area (TPSA) is 66.4 Å². The number of carboxylic acid groups (broad SMARTS) is 1. The normalized spacial score (nSPS) is 23.6. The number of amides is 1. The summed E-state index contributed by atoms with van der Waals surface area (Å²) >= 11 is 5.94. The van der Waals surface area contributed by atoms with E-state index in [4.69, 9.17) is 11.6 Å². The van der Waals surface area contributed by atoms with Crippen molar-refractivity contribution in [1.82, 2.24) is 5.32 Å². The van der Waals surface area contributed by atoms with Crippen molar-refractivity contribution >= 4 is 23.5 Å². The van der Waals surface area contributed by atoms with Crippen LogP contribution < -0.4 is 5.32 Å². The molecule has 2 aromatic carbocycles. The number of hydrogen-bond donors (Lipinski definition) is 2. The van der Waals surface area contributed by atoms with Crippen LogP contribution in [0.1, 0.15) is 37.3 Å². The average Bonchev–Trinajstić information content (AvgIpc) is 2.71. The Kier molecular flexibility index (Phi) is 6.89. The van der Waals surface area contributed by atoms with Crippen LogP contribution in [0.4, 0.5) is 13.2 Å². The number of carboxylic acids is 1. The Labute approximate surface area is 189 Å². The van der Waals surface area contributed by atoms with E-state index in [0.29, 0.717) is 10.6 Å². The zero-order valence-corrected chi connectivity index (χ0v) is 18.6. The Morgan fingerprint density at radius 2 is 1.78 bits per heavy atom. The van der Waals surface area contributed by atoms with Gasteiger partial charge in [-0.1, -0.05) is 48.9 Å². The minimum atomic E-state index is -4.37. The fourth-order valence-corrected chi connectivity index (χ4v) is 4.52. The van der Waals surface area contributed by atoms with Crippen molar-refractivity contribution < 1.29 is 27.9 Å². The minimum Gasteiger partial charge on any atom is -0.479 e. The summed E-state index contributed by atoms with van der Waals surface area (Å²) in [6.07, 6.45) is -5.37. The van der Waals surface area contributed by atoms with Crippen LogP contribution in [0, 0.1) is 18.8 Å². The molecule has 3 rings (SSSR count). The van der Waals surface area contributed by atoms with Gasteiger partial charge in [0.2, 0.25) is 5.91 Å². The van der Waals surface area contributed by atoms with Crippen LogP contribution >= 0.6 is 11.6 Å². The second kappa shape index (κ2) is 9.14. The molecule has 0 radical (unpaired) electrons. The van der Waals surface area contributed by atoms with Crippen molar-refractivity contribution in [2.24, 2.45) is 11.8 Å². The van der Waals surface area contributed by atoms with Gasteiger partial charge in [0.15, 0.2) is 0 Å². The number of carbonyl (C=O) groups is 2. The Morgan fingerprint density at radius 3 is 2.34 bits per heavy atom. The van der Waals surface area contributed by atoms with Gasteiger partial charge < -0.3 is 10.4 Å². The van der Waals surface area contributed by atoms with Crippen LogP contribution in [-0.4, -0.2) is 28.7 Å². The van der Waals surface area contributed by atoms with Crippen LogP contribution in [-0.2, 0) is 16.0 Å². The highest BCUT2D eigenvalue weighted by Gasteiger charge is 2.53. The van der Waals surface area contributed by atoms with Gasteiger partial charge in [-0.2, -0.15) is 13.2 Å². The molecule has 172 valence electrons. The fourth-order valence-electron chi connectivity index (χ4n) is 4.40. The number of alkyl halides is 3. The summed E-state index contributed by atoms with van der Waals surface area (Å²) < 4.78 is 39.4. The molecule has 3 atom stereocenters. The van der Waals surface area contributed by atoms with Crippen LogP contribution in [0.2, 0.25) is 5.02 Å². The number of benzene rings is 2. The maximum atomic E-state index is 13.1. The first-order valence-electron chi connectivity index (χ1n) is 10.4. The van der Waals surface area contributed by atoms with Gasteiger partial charge in [0.1, 0.15) is 5.54 Å². The molecule has 0 bridgehead atoms. The Morgan fingerprint density at radius 1 is 1.16 bits per heavy atom. The smallest absolute Gasteiger partial charge is 0.391 e. The van der Waals surface area contributed by atoms with E-state index in [1.54, 1.807) is 12.1 Å². The number of carbonyl (C=O) groups excluding carboxylic acids is 1. The number of nitrogens with one attached hydrogen (secondary N) is 1. The van der Waals surface area contributed by atoms with Gasteiger partial charge in [-0.3, -0.25) is 4.79 Å². The minimum absolute atomic E-state index is 0.0717. The van der Waals surface area contributed by atoms with Crippen LogP contribution in [0.5, 0.6) is 0 Å². The Balaban J connectivity index is 1.78. The molecule has 1 aliphatic rings. The van der Waals surface area contributed by atoms with Crippen LogP contribution in [0.15, 0.2) is 42.5 Å². The van der Waals surface area contributed by atoms with Crippen molar-refractivity contribution in [2.45, 2.75) is 51.2 Å². The molecule has 1 fully saturated rings. The van der Waals surface area contributed by atoms with E-state index < -0.39 is 35.4 Å². The number of aryl methyl sites for hydroxylation is 1. The molecule has 0 heterocycles. The molecule has 1 saturated carbocycles. The molecule has 1 aliphatic carbocycles. The summed E-state index contributed by atoms with van der Waals surface area (Å²) in [7, 11) is 0. The number of aliphatic carboxylic acids is 1. The predicted molar refractivity (Wildman–Crippen MR) is 116 cm³/mol. The molecule has 32 heavy (non-hydrogen) atoms. The highest BCUT2D eigenvalue weighted by Crippen LogP contribution is 2.44. The molecule has 0 aromatic heterocycles. The summed E-state index contributed by atoms with van der Waals surface area (Å²) in [4.78, 5) is 24.9. The molecule has 4 nitrogen and oxygen atoms in total. The Bertz CT molecular complexity index is 1010. The van der Waals surface area contributed by atoms with E-state index >= 15 is 0 Å². The molecule has 1 unspecified atom stereocenters.